The first-order chi connectivity index (χ1) is 21.6. The molecule has 0 spiro atoms. The zero-order valence-corrected chi connectivity index (χ0v) is 27.5. The smallest absolute Gasteiger partial charge is 0.264 e. The van der Waals surface area contributed by atoms with E-state index in [-0.39, 0.29) is 29.8 Å². The van der Waals surface area contributed by atoms with Gasteiger partial charge in [-0.05, 0) is 72.9 Å². The summed E-state index contributed by atoms with van der Waals surface area (Å²) < 4.78 is 29.3. The van der Waals surface area contributed by atoms with Crippen molar-refractivity contribution in [3.05, 3.63) is 131 Å². The lowest BCUT2D eigenvalue weighted by Gasteiger charge is -2.34. The van der Waals surface area contributed by atoms with Crippen molar-refractivity contribution in [2.24, 2.45) is 0 Å². The number of benzene rings is 4. The first kappa shape index (κ1) is 33.7. The minimum atomic E-state index is -4.14. The fourth-order valence-electron chi connectivity index (χ4n) is 4.93. The van der Waals surface area contributed by atoms with Gasteiger partial charge in [-0.15, -0.1) is 0 Å². The Morgan fingerprint density at radius 1 is 0.778 bits per heavy atom. The fourth-order valence-corrected chi connectivity index (χ4v) is 6.49. The molecule has 7 nitrogen and oxygen atoms in total. The summed E-state index contributed by atoms with van der Waals surface area (Å²) in [5.74, 6) is -0.815. The molecule has 0 radical (unpaired) electrons. The summed E-state index contributed by atoms with van der Waals surface area (Å²) >= 11 is 6.15. The number of nitrogens with zero attached hydrogens (tertiary/aromatic N) is 2. The van der Waals surface area contributed by atoms with Gasteiger partial charge >= 0.3 is 0 Å². The monoisotopic (exact) mass is 645 g/mol. The van der Waals surface area contributed by atoms with Crippen molar-refractivity contribution in [2.75, 3.05) is 10.8 Å². The Kier molecular flexibility index (Phi) is 11.8. The van der Waals surface area contributed by atoms with Crippen LogP contribution in [0.4, 0.5) is 5.69 Å². The van der Waals surface area contributed by atoms with E-state index >= 15 is 0 Å². The van der Waals surface area contributed by atoms with Gasteiger partial charge in [0.25, 0.3) is 10.0 Å². The van der Waals surface area contributed by atoms with Crippen molar-refractivity contribution < 1.29 is 18.0 Å². The quantitative estimate of drug-likeness (QED) is 0.166. The zero-order valence-electron chi connectivity index (χ0n) is 25.9. The number of hydrogen-bond donors (Lipinski definition) is 1. The molecule has 0 aliphatic heterocycles. The van der Waals surface area contributed by atoms with Crippen LogP contribution in [-0.4, -0.2) is 43.8 Å². The van der Waals surface area contributed by atoms with E-state index in [2.05, 4.69) is 5.32 Å². The van der Waals surface area contributed by atoms with Crippen molar-refractivity contribution in [1.82, 2.24) is 10.2 Å². The van der Waals surface area contributed by atoms with Gasteiger partial charge in [0.05, 0.1) is 10.6 Å². The number of amides is 2. The molecular formula is C36H40ClN3O4S. The normalized spacial score (nSPS) is 12.6. The minimum Gasteiger partial charge on any atom is -0.352 e. The molecule has 9 heteroatoms. The molecule has 0 bridgehead atoms. The summed E-state index contributed by atoms with van der Waals surface area (Å²) in [6.45, 7) is 5.48. The number of anilines is 1. The van der Waals surface area contributed by atoms with Crippen molar-refractivity contribution >= 4 is 39.1 Å². The Labute approximate surface area is 271 Å². The largest absolute Gasteiger partial charge is 0.352 e. The molecule has 2 amide bonds. The molecule has 0 saturated carbocycles. The van der Waals surface area contributed by atoms with Gasteiger partial charge in [-0.2, -0.15) is 0 Å². The molecular weight excluding hydrogens is 606 g/mol. The number of carbonyl (C=O) groups is 2. The van der Waals surface area contributed by atoms with Gasteiger partial charge in [0.15, 0.2) is 0 Å². The Hall–Kier alpha value is -4.14. The van der Waals surface area contributed by atoms with Crippen LogP contribution in [0.25, 0.3) is 0 Å². The topological polar surface area (TPSA) is 86.8 Å². The lowest BCUT2D eigenvalue weighted by molar-refractivity contribution is -0.140. The Morgan fingerprint density at radius 3 is 1.93 bits per heavy atom. The molecule has 0 aliphatic carbocycles. The summed E-state index contributed by atoms with van der Waals surface area (Å²) in [4.78, 5) is 30.0. The molecule has 0 aromatic heterocycles. The summed E-state index contributed by atoms with van der Waals surface area (Å²) in [6, 6.07) is 30.7. The first-order valence-electron chi connectivity index (χ1n) is 15.2. The number of halogens is 1. The third-order valence-corrected chi connectivity index (χ3v) is 9.82. The Bertz CT molecular complexity index is 1650. The van der Waals surface area contributed by atoms with E-state index in [1.165, 1.54) is 17.0 Å². The number of aryl methyl sites for hydroxylation is 1. The van der Waals surface area contributed by atoms with Crippen LogP contribution in [0.3, 0.4) is 0 Å². The molecule has 0 unspecified atom stereocenters. The van der Waals surface area contributed by atoms with Gasteiger partial charge in [-0.3, -0.25) is 13.9 Å². The van der Waals surface area contributed by atoms with Gasteiger partial charge in [0.2, 0.25) is 11.8 Å². The van der Waals surface area contributed by atoms with Crippen LogP contribution < -0.4 is 9.62 Å². The Morgan fingerprint density at radius 2 is 1.36 bits per heavy atom. The van der Waals surface area contributed by atoms with E-state index in [1.54, 1.807) is 54.6 Å². The molecule has 0 saturated heterocycles. The maximum atomic E-state index is 14.5. The van der Waals surface area contributed by atoms with E-state index in [1.807, 2.05) is 63.2 Å². The summed E-state index contributed by atoms with van der Waals surface area (Å²) in [7, 11) is -4.14. The van der Waals surface area contributed by atoms with Crippen LogP contribution in [-0.2, 0) is 39.0 Å². The molecule has 0 fully saturated rings. The molecule has 1 N–H and O–H groups in total. The van der Waals surface area contributed by atoms with E-state index in [0.29, 0.717) is 17.1 Å². The van der Waals surface area contributed by atoms with E-state index in [0.717, 1.165) is 27.4 Å². The van der Waals surface area contributed by atoms with Gasteiger partial charge in [0, 0.05) is 24.0 Å². The standard InChI is InChI=1S/C36H40ClN3O4S/c1-4-27(3)38-36(42)34(24-29-12-8-6-9-13-29)39(25-30-16-20-31(37)21-17-30)35(41)26-40(32-22-18-28(5-2)19-23-32)45(43,44)33-14-10-7-11-15-33/h6-23,27,34H,4-5,24-26H2,1-3H3,(H,38,42)/t27-,34-/m0/s1. The van der Waals surface area contributed by atoms with Crippen molar-refractivity contribution in [3.8, 4) is 0 Å². The SMILES string of the molecule is CCc1ccc(N(CC(=O)N(Cc2ccc(Cl)cc2)[C@@H](Cc2ccccc2)C(=O)N[C@@H](C)CC)S(=O)(=O)c2ccccc2)cc1. The maximum Gasteiger partial charge on any atom is 0.264 e. The number of carbonyl (C=O) groups excluding carboxylic acids is 2. The highest BCUT2D eigenvalue weighted by molar-refractivity contribution is 7.92. The molecule has 45 heavy (non-hydrogen) atoms. The zero-order chi connectivity index (χ0) is 32.4. The fraction of sp³-hybridized carbons (Fsp3) is 0.278. The predicted molar refractivity (Wildman–Crippen MR) is 181 cm³/mol. The van der Waals surface area contributed by atoms with E-state index in [4.69, 9.17) is 11.6 Å². The first-order valence-corrected chi connectivity index (χ1v) is 17.0. The molecule has 4 aromatic carbocycles. The second-order valence-electron chi connectivity index (χ2n) is 11.0. The van der Waals surface area contributed by atoms with E-state index in [9.17, 15) is 18.0 Å². The number of nitrogens with one attached hydrogen (secondary N) is 1. The lowest BCUT2D eigenvalue weighted by atomic mass is 10.0. The average molecular weight is 646 g/mol. The second kappa shape index (κ2) is 15.7. The van der Waals surface area contributed by atoms with Crippen LogP contribution in [0.1, 0.15) is 43.9 Å². The maximum absolute atomic E-state index is 14.5. The van der Waals surface area contributed by atoms with Crippen molar-refractivity contribution in [1.29, 1.82) is 0 Å². The van der Waals surface area contributed by atoms with Crippen LogP contribution in [0, 0.1) is 0 Å². The van der Waals surface area contributed by atoms with Crippen LogP contribution in [0.2, 0.25) is 5.02 Å². The second-order valence-corrected chi connectivity index (χ2v) is 13.3. The molecule has 2 atom stereocenters. The summed E-state index contributed by atoms with van der Waals surface area (Å²) in [5.41, 5.74) is 3.03. The highest BCUT2D eigenvalue weighted by atomic mass is 35.5. The third kappa shape index (κ3) is 8.96. The molecule has 0 heterocycles. The third-order valence-electron chi connectivity index (χ3n) is 7.78. The van der Waals surface area contributed by atoms with Gasteiger partial charge < -0.3 is 10.2 Å². The highest BCUT2D eigenvalue weighted by Crippen LogP contribution is 2.26. The summed E-state index contributed by atoms with van der Waals surface area (Å²) in [6.07, 6.45) is 1.75. The van der Waals surface area contributed by atoms with Crippen molar-refractivity contribution in [3.63, 3.8) is 0 Å². The van der Waals surface area contributed by atoms with Crippen molar-refractivity contribution in [2.45, 2.75) is 63.6 Å². The van der Waals surface area contributed by atoms with Crippen LogP contribution >= 0.6 is 11.6 Å². The van der Waals surface area contributed by atoms with Crippen LogP contribution in [0.5, 0.6) is 0 Å². The lowest BCUT2D eigenvalue weighted by Crippen LogP contribution is -2.54. The molecule has 4 rings (SSSR count). The van der Waals surface area contributed by atoms with Gasteiger partial charge in [0.1, 0.15) is 12.6 Å². The molecule has 0 aliphatic rings. The van der Waals surface area contributed by atoms with Gasteiger partial charge in [-0.1, -0.05) is 98.2 Å². The minimum absolute atomic E-state index is 0.0666. The average Bonchev–Trinajstić information content (AvgIpc) is 3.06. The number of sulfonamides is 1. The van der Waals surface area contributed by atoms with E-state index < -0.39 is 28.5 Å². The van der Waals surface area contributed by atoms with Gasteiger partial charge in [-0.25, -0.2) is 8.42 Å². The van der Waals surface area contributed by atoms with Crippen LogP contribution in [0.15, 0.2) is 114 Å². The molecule has 4 aromatic rings. The molecule has 236 valence electrons. The number of hydrogen-bond acceptors (Lipinski definition) is 4. The predicted octanol–water partition coefficient (Wildman–Crippen LogP) is 6.65. The Balaban J connectivity index is 1.79. The number of rotatable bonds is 14. The highest BCUT2D eigenvalue weighted by Gasteiger charge is 2.35. The summed E-state index contributed by atoms with van der Waals surface area (Å²) in [5, 5.41) is 3.59.